The molecule has 0 bridgehead atoms. The summed E-state index contributed by atoms with van der Waals surface area (Å²) in [5.74, 6) is 0.516. The molecule has 3 aromatic rings. The molecule has 0 amide bonds. The van der Waals surface area contributed by atoms with E-state index in [1.807, 2.05) is 36.4 Å². The Hall–Kier alpha value is -3.19. The summed E-state index contributed by atoms with van der Waals surface area (Å²) in [6.07, 6.45) is -5.09. The molecule has 0 saturated carbocycles. The van der Waals surface area contributed by atoms with Crippen LogP contribution in [0.25, 0.3) is 0 Å². The molecule has 4 nitrogen and oxygen atoms in total. The largest absolute Gasteiger partial charge is 0.457 e. The number of hydrogen-bond acceptors (Lipinski definition) is 4. The first-order valence-electron chi connectivity index (χ1n) is 10.7. The van der Waals surface area contributed by atoms with Crippen molar-refractivity contribution >= 4 is 23.3 Å². The van der Waals surface area contributed by atoms with Crippen molar-refractivity contribution in [3.05, 3.63) is 88.9 Å². The summed E-state index contributed by atoms with van der Waals surface area (Å²) in [6, 6.07) is 18.6. The van der Waals surface area contributed by atoms with Crippen LogP contribution in [0.4, 0.5) is 18.9 Å². The summed E-state index contributed by atoms with van der Waals surface area (Å²) in [5, 5.41) is 2.80. The van der Waals surface area contributed by atoms with Crippen LogP contribution in [0, 0.1) is 5.92 Å². The van der Waals surface area contributed by atoms with Gasteiger partial charge < -0.3 is 14.8 Å². The monoisotopic (exact) mass is 491 g/mol. The summed E-state index contributed by atoms with van der Waals surface area (Å²) in [4.78, 5) is 12.9. The third-order valence-electron chi connectivity index (χ3n) is 5.13. The number of benzene rings is 3. The lowest BCUT2D eigenvalue weighted by Crippen LogP contribution is -2.36. The molecule has 3 aromatic carbocycles. The molecule has 0 spiro atoms. The van der Waals surface area contributed by atoms with Crippen molar-refractivity contribution in [3.63, 3.8) is 0 Å². The maximum absolute atomic E-state index is 12.9. The van der Waals surface area contributed by atoms with Crippen LogP contribution in [0.1, 0.15) is 38.0 Å². The molecule has 180 valence electrons. The number of hydrogen-bond donors (Lipinski definition) is 1. The van der Waals surface area contributed by atoms with E-state index in [1.54, 1.807) is 39.0 Å². The van der Waals surface area contributed by atoms with Gasteiger partial charge in [0.1, 0.15) is 23.6 Å². The zero-order valence-corrected chi connectivity index (χ0v) is 19.7. The van der Waals surface area contributed by atoms with Crippen molar-refractivity contribution in [2.75, 3.05) is 5.32 Å². The van der Waals surface area contributed by atoms with Crippen LogP contribution in [-0.4, -0.2) is 12.0 Å². The fourth-order valence-electron chi connectivity index (χ4n) is 3.24. The zero-order chi connectivity index (χ0) is 24.9. The molecule has 0 aromatic heterocycles. The fourth-order valence-corrected chi connectivity index (χ4v) is 3.48. The predicted molar refractivity (Wildman–Crippen MR) is 126 cm³/mol. The molecule has 3 rings (SSSR count). The van der Waals surface area contributed by atoms with Gasteiger partial charge in [-0.25, -0.2) is 4.79 Å². The Morgan fingerprint density at radius 2 is 1.59 bits per heavy atom. The van der Waals surface area contributed by atoms with Gasteiger partial charge in [0.2, 0.25) is 0 Å². The molecular weight excluding hydrogens is 467 g/mol. The number of carbonyl (C=O) groups is 1. The molecule has 0 heterocycles. The average molecular weight is 492 g/mol. The minimum atomic E-state index is -4.51. The lowest BCUT2D eigenvalue weighted by atomic mass is 10.0. The van der Waals surface area contributed by atoms with Gasteiger partial charge in [0.05, 0.1) is 16.3 Å². The lowest BCUT2D eigenvalue weighted by Gasteiger charge is -2.25. The number of nitrogens with one attached hydrogen (secondary N) is 1. The van der Waals surface area contributed by atoms with Gasteiger partial charge in [0, 0.05) is 0 Å². The topological polar surface area (TPSA) is 47.6 Å². The Morgan fingerprint density at radius 1 is 0.912 bits per heavy atom. The Labute approximate surface area is 201 Å². The van der Waals surface area contributed by atoms with E-state index in [1.165, 1.54) is 6.07 Å². The van der Waals surface area contributed by atoms with E-state index in [4.69, 9.17) is 21.1 Å². The average Bonchev–Trinajstić information content (AvgIpc) is 2.78. The van der Waals surface area contributed by atoms with E-state index in [-0.39, 0.29) is 16.6 Å². The summed E-state index contributed by atoms with van der Waals surface area (Å²) < 4.78 is 50.2. The van der Waals surface area contributed by atoms with Crippen LogP contribution >= 0.6 is 11.6 Å². The number of anilines is 1. The highest BCUT2D eigenvalue weighted by atomic mass is 35.5. The number of rotatable bonds is 8. The van der Waals surface area contributed by atoms with E-state index in [0.717, 1.165) is 17.7 Å². The maximum atomic E-state index is 12.9. The number of ether oxygens (including phenoxy) is 2. The van der Waals surface area contributed by atoms with Gasteiger partial charge in [-0.2, -0.15) is 13.2 Å². The Morgan fingerprint density at radius 3 is 2.21 bits per heavy atom. The second-order valence-corrected chi connectivity index (χ2v) is 8.53. The summed E-state index contributed by atoms with van der Waals surface area (Å²) in [6.45, 7) is 5.34. The fraction of sp³-hybridized carbons (Fsp3) is 0.269. The summed E-state index contributed by atoms with van der Waals surface area (Å²) in [7, 11) is 0. The molecule has 0 aliphatic carbocycles. The zero-order valence-electron chi connectivity index (χ0n) is 18.9. The first-order chi connectivity index (χ1) is 16.0. The van der Waals surface area contributed by atoms with Crippen molar-refractivity contribution in [1.82, 2.24) is 0 Å². The molecule has 0 unspecified atom stereocenters. The molecule has 34 heavy (non-hydrogen) atoms. The van der Waals surface area contributed by atoms with E-state index < -0.39 is 29.9 Å². The van der Waals surface area contributed by atoms with E-state index >= 15 is 0 Å². The Kier molecular flexibility index (Phi) is 8.10. The van der Waals surface area contributed by atoms with Crippen molar-refractivity contribution < 1.29 is 27.4 Å². The van der Waals surface area contributed by atoms with Gasteiger partial charge in [-0.05, 0) is 60.9 Å². The lowest BCUT2D eigenvalue weighted by molar-refractivity contribution is -0.150. The van der Waals surface area contributed by atoms with Crippen LogP contribution in [-0.2, 0) is 15.7 Å². The number of halogens is 4. The van der Waals surface area contributed by atoms with E-state index in [2.05, 4.69) is 5.32 Å². The van der Waals surface area contributed by atoms with E-state index in [0.29, 0.717) is 11.5 Å². The highest BCUT2D eigenvalue weighted by Crippen LogP contribution is 2.34. The predicted octanol–water partition coefficient (Wildman–Crippen LogP) is 7.89. The van der Waals surface area contributed by atoms with Crippen molar-refractivity contribution in [2.24, 2.45) is 5.92 Å². The molecule has 0 aliphatic rings. The van der Waals surface area contributed by atoms with Gasteiger partial charge in [0.25, 0.3) is 0 Å². The Bertz CT molecular complexity index is 1120. The Balaban J connectivity index is 1.70. The quantitative estimate of drug-likeness (QED) is 0.325. The van der Waals surface area contributed by atoms with Crippen LogP contribution < -0.4 is 10.1 Å². The number of para-hydroxylation sites is 1. The van der Waals surface area contributed by atoms with Gasteiger partial charge in [-0.15, -0.1) is 0 Å². The van der Waals surface area contributed by atoms with Gasteiger partial charge in [0.15, 0.2) is 0 Å². The van der Waals surface area contributed by atoms with Crippen molar-refractivity contribution in [2.45, 2.75) is 39.1 Å². The highest BCUT2D eigenvalue weighted by molar-refractivity contribution is 6.33. The van der Waals surface area contributed by atoms with Gasteiger partial charge in [-0.3, -0.25) is 0 Å². The second kappa shape index (κ2) is 10.8. The second-order valence-electron chi connectivity index (χ2n) is 8.13. The first-order valence-corrected chi connectivity index (χ1v) is 11.1. The van der Waals surface area contributed by atoms with E-state index in [9.17, 15) is 18.0 Å². The van der Waals surface area contributed by atoms with Crippen LogP contribution in [0.15, 0.2) is 72.8 Å². The third kappa shape index (κ3) is 6.67. The summed E-state index contributed by atoms with van der Waals surface area (Å²) >= 11 is 6.05. The summed E-state index contributed by atoms with van der Waals surface area (Å²) in [5.41, 5.74) is 0.0889. The highest BCUT2D eigenvalue weighted by Gasteiger charge is 2.32. The minimum absolute atomic E-state index is 0.132. The van der Waals surface area contributed by atoms with Gasteiger partial charge in [-0.1, -0.05) is 55.8 Å². The third-order valence-corrected chi connectivity index (χ3v) is 5.44. The first kappa shape index (κ1) is 25.4. The SMILES string of the molecule is CC(C)[C@@H](Nc1ccc(C(F)(F)F)cc1Cl)C(=O)O[C@H](C)c1cccc(Oc2ccccc2)c1. The minimum Gasteiger partial charge on any atom is -0.457 e. The molecule has 0 radical (unpaired) electrons. The standard InChI is InChI=1S/C26H25ClF3NO3/c1-16(2)24(31-23-13-12-19(15-22(23)27)26(28,29)30)25(32)33-17(3)18-8-7-11-21(14-18)34-20-9-5-4-6-10-20/h4-17,24,31H,1-3H3/t17-,24-/m1/s1. The number of carbonyl (C=O) groups excluding carboxylic acids is 1. The molecule has 0 saturated heterocycles. The normalized spacial score (nSPS) is 13.3. The maximum Gasteiger partial charge on any atom is 0.416 e. The van der Waals surface area contributed by atoms with Crippen LogP contribution in [0.2, 0.25) is 5.02 Å². The van der Waals surface area contributed by atoms with Crippen LogP contribution in [0.5, 0.6) is 11.5 Å². The molecule has 0 fully saturated rings. The molecule has 8 heteroatoms. The molecule has 2 atom stereocenters. The number of esters is 1. The molecule has 0 aliphatic heterocycles. The number of alkyl halides is 3. The smallest absolute Gasteiger partial charge is 0.416 e. The van der Waals surface area contributed by atoms with Crippen molar-refractivity contribution in [1.29, 1.82) is 0 Å². The van der Waals surface area contributed by atoms with Crippen LogP contribution in [0.3, 0.4) is 0 Å². The van der Waals surface area contributed by atoms with Gasteiger partial charge >= 0.3 is 12.1 Å². The molecule has 1 N–H and O–H groups in total. The van der Waals surface area contributed by atoms with Crippen molar-refractivity contribution in [3.8, 4) is 11.5 Å². The molecular formula is C26H25ClF3NO3.